The number of carbonyl (C=O) groups excluding carboxylic acids is 1. The average Bonchev–Trinajstić information content (AvgIpc) is 2.95. The third-order valence-electron chi connectivity index (χ3n) is 6.64. The van der Waals surface area contributed by atoms with Crippen LogP contribution in [0.5, 0.6) is 11.5 Å². The molecule has 2 N–H and O–H groups in total. The van der Waals surface area contributed by atoms with Crippen molar-refractivity contribution in [2.75, 3.05) is 37.3 Å². The van der Waals surface area contributed by atoms with E-state index in [0.717, 1.165) is 0 Å². The minimum Gasteiger partial charge on any atom is -0.497 e. The standard InChI is InChI=1S/C27H29Cl2N3O7S2/c1-38-21-6-10-25(26(16-21)39-2)31-41(36,37)22-7-4-20(5-8-22)30-27(33)19-11-13-32(14-12-19)40(34,35)17-18-3-9-23(28)24(29)15-18/h3-10,15-16,19,31H,11-14,17H2,1-2H3,(H,30,33). The van der Waals surface area contributed by atoms with E-state index in [9.17, 15) is 21.6 Å². The summed E-state index contributed by atoms with van der Waals surface area (Å²) < 4.78 is 65.9. The highest BCUT2D eigenvalue weighted by Gasteiger charge is 2.31. The summed E-state index contributed by atoms with van der Waals surface area (Å²) >= 11 is 11.9. The fourth-order valence-electron chi connectivity index (χ4n) is 4.38. The molecule has 0 atom stereocenters. The van der Waals surface area contributed by atoms with Crippen molar-refractivity contribution in [1.29, 1.82) is 0 Å². The highest BCUT2D eigenvalue weighted by atomic mass is 35.5. The SMILES string of the molecule is COc1ccc(NS(=O)(=O)c2ccc(NC(=O)C3CCN(S(=O)(=O)Cc4ccc(Cl)c(Cl)c4)CC3)cc2)c(OC)c1. The topological polar surface area (TPSA) is 131 Å². The van der Waals surface area contributed by atoms with Crippen molar-refractivity contribution < 1.29 is 31.1 Å². The zero-order valence-corrected chi connectivity index (χ0v) is 25.4. The molecule has 4 rings (SSSR count). The van der Waals surface area contributed by atoms with Gasteiger partial charge in [0.2, 0.25) is 15.9 Å². The molecule has 1 fully saturated rings. The zero-order chi connectivity index (χ0) is 29.8. The number of sulfonamides is 2. The van der Waals surface area contributed by atoms with Gasteiger partial charge < -0.3 is 14.8 Å². The Hall–Kier alpha value is -3.03. The minimum absolute atomic E-state index is 0.00569. The van der Waals surface area contributed by atoms with Crippen LogP contribution in [0.15, 0.2) is 65.6 Å². The highest BCUT2D eigenvalue weighted by Crippen LogP contribution is 2.31. The highest BCUT2D eigenvalue weighted by molar-refractivity contribution is 7.92. The van der Waals surface area contributed by atoms with Crippen molar-refractivity contribution in [3.05, 3.63) is 76.3 Å². The predicted molar refractivity (Wildman–Crippen MR) is 159 cm³/mol. The number of carbonyl (C=O) groups is 1. The van der Waals surface area contributed by atoms with Gasteiger partial charge in [0.05, 0.1) is 40.6 Å². The average molecular weight is 643 g/mol. The molecule has 0 aromatic heterocycles. The molecular formula is C27H29Cl2N3O7S2. The molecule has 1 heterocycles. The van der Waals surface area contributed by atoms with Crippen molar-refractivity contribution in [2.24, 2.45) is 5.92 Å². The van der Waals surface area contributed by atoms with E-state index in [1.807, 2.05) is 0 Å². The van der Waals surface area contributed by atoms with Crippen molar-refractivity contribution in [2.45, 2.75) is 23.5 Å². The van der Waals surface area contributed by atoms with Gasteiger partial charge in [0, 0.05) is 30.8 Å². The number of benzene rings is 3. The third kappa shape index (κ3) is 7.63. The van der Waals surface area contributed by atoms with E-state index in [1.165, 1.54) is 54.9 Å². The summed E-state index contributed by atoms with van der Waals surface area (Å²) in [7, 11) is -4.62. The van der Waals surface area contributed by atoms with Crippen molar-refractivity contribution in [3.8, 4) is 11.5 Å². The summed E-state index contributed by atoms with van der Waals surface area (Å²) in [6, 6.07) is 15.2. The van der Waals surface area contributed by atoms with Gasteiger partial charge >= 0.3 is 0 Å². The number of halogens is 2. The molecule has 41 heavy (non-hydrogen) atoms. The van der Waals surface area contributed by atoms with Gasteiger partial charge in [0.25, 0.3) is 10.0 Å². The van der Waals surface area contributed by atoms with E-state index in [1.54, 1.807) is 24.3 Å². The lowest BCUT2D eigenvalue weighted by molar-refractivity contribution is -0.120. The quantitative estimate of drug-likeness (QED) is 0.319. The van der Waals surface area contributed by atoms with Gasteiger partial charge in [-0.05, 0) is 66.9 Å². The van der Waals surface area contributed by atoms with Crippen LogP contribution in [0, 0.1) is 5.92 Å². The number of rotatable bonds is 10. The summed E-state index contributed by atoms with van der Waals surface area (Å²) in [4.78, 5) is 12.9. The first kappa shape index (κ1) is 30.9. The molecule has 220 valence electrons. The van der Waals surface area contributed by atoms with Gasteiger partial charge in [0.15, 0.2) is 0 Å². The molecule has 0 saturated carbocycles. The lowest BCUT2D eigenvalue weighted by Gasteiger charge is -2.30. The molecule has 3 aromatic rings. The van der Waals surface area contributed by atoms with Gasteiger partial charge in [-0.15, -0.1) is 0 Å². The number of amides is 1. The monoisotopic (exact) mass is 641 g/mol. The van der Waals surface area contributed by atoms with Crippen LogP contribution in [0.4, 0.5) is 11.4 Å². The number of methoxy groups -OCH3 is 2. The van der Waals surface area contributed by atoms with Gasteiger partial charge in [-0.1, -0.05) is 29.3 Å². The van der Waals surface area contributed by atoms with E-state index in [-0.39, 0.29) is 46.3 Å². The van der Waals surface area contributed by atoms with Crippen LogP contribution in [0.1, 0.15) is 18.4 Å². The third-order valence-corrected chi connectivity index (χ3v) is 10.6. The number of ether oxygens (including phenoxy) is 2. The maximum atomic E-state index is 12.9. The second kappa shape index (κ2) is 12.9. The largest absolute Gasteiger partial charge is 0.497 e. The maximum absolute atomic E-state index is 12.9. The summed E-state index contributed by atoms with van der Waals surface area (Å²) in [5.41, 5.74) is 1.20. The molecule has 0 unspecified atom stereocenters. The van der Waals surface area contributed by atoms with Crippen LogP contribution >= 0.6 is 23.2 Å². The van der Waals surface area contributed by atoms with E-state index in [4.69, 9.17) is 32.7 Å². The van der Waals surface area contributed by atoms with E-state index >= 15 is 0 Å². The van der Waals surface area contributed by atoms with Crippen LogP contribution in [-0.4, -0.2) is 54.4 Å². The van der Waals surface area contributed by atoms with E-state index < -0.39 is 20.0 Å². The Bertz CT molecular complexity index is 1630. The second-order valence-corrected chi connectivity index (χ2v) is 13.8. The van der Waals surface area contributed by atoms with Gasteiger partial charge in [0.1, 0.15) is 11.5 Å². The normalized spacial score (nSPS) is 14.8. The number of nitrogens with one attached hydrogen (secondary N) is 2. The number of piperidine rings is 1. The van der Waals surface area contributed by atoms with Crippen LogP contribution in [-0.2, 0) is 30.6 Å². The Morgan fingerprint density at radius 2 is 1.59 bits per heavy atom. The molecule has 1 aliphatic rings. The van der Waals surface area contributed by atoms with E-state index in [0.29, 0.717) is 40.6 Å². The Kier molecular flexibility index (Phi) is 9.70. The summed E-state index contributed by atoms with van der Waals surface area (Å²) in [5, 5.41) is 3.43. The first-order valence-corrected chi connectivity index (χ1v) is 16.3. The molecule has 1 saturated heterocycles. The lowest BCUT2D eigenvalue weighted by Crippen LogP contribution is -2.41. The van der Waals surface area contributed by atoms with E-state index in [2.05, 4.69) is 10.0 Å². The van der Waals surface area contributed by atoms with Crippen LogP contribution in [0.3, 0.4) is 0 Å². The predicted octanol–water partition coefficient (Wildman–Crippen LogP) is 4.99. The fraction of sp³-hybridized carbons (Fsp3) is 0.296. The Balaban J connectivity index is 1.33. The Labute approximate surface area is 249 Å². The van der Waals surface area contributed by atoms with Crippen LogP contribution in [0.25, 0.3) is 0 Å². The van der Waals surface area contributed by atoms with Gasteiger partial charge in [-0.3, -0.25) is 9.52 Å². The first-order valence-electron chi connectivity index (χ1n) is 12.5. The van der Waals surface area contributed by atoms with Crippen LogP contribution < -0.4 is 19.5 Å². The molecule has 3 aromatic carbocycles. The molecular weight excluding hydrogens is 613 g/mol. The molecule has 0 spiro atoms. The van der Waals surface area contributed by atoms with Gasteiger partial charge in [-0.2, -0.15) is 0 Å². The Morgan fingerprint density at radius 1 is 0.902 bits per heavy atom. The molecule has 14 heteroatoms. The molecule has 10 nitrogen and oxygen atoms in total. The van der Waals surface area contributed by atoms with Crippen molar-refractivity contribution in [1.82, 2.24) is 4.31 Å². The number of anilines is 2. The number of hydrogen-bond donors (Lipinski definition) is 2. The smallest absolute Gasteiger partial charge is 0.262 e. The first-order chi connectivity index (χ1) is 19.4. The number of nitrogens with zero attached hydrogens (tertiary/aromatic N) is 1. The fourth-order valence-corrected chi connectivity index (χ4v) is 7.32. The lowest BCUT2D eigenvalue weighted by atomic mass is 9.97. The molecule has 0 bridgehead atoms. The zero-order valence-electron chi connectivity index (χ0n) is 22.3. The molecule has 0 aliphatic carbocycles. The minimum atomic E-state index is -3.94. The molecule has 0 radical (unpaired) electrons. The number of hydrogen-bond acceptors (Lipinski definition) is 7. The van der Waals surface area contributed by atoms with Crippen LogP contribution in [0.2, 0.25) is 10.0 Å². The Morgan fingerprint density at radius 3 is 2.20 bits per heavy atom. The van der Waals surface area contributed by atoms with Crippen molar-refractivity contribution >= 4 is 60.5 Å². The summed E-state index contributed by atoms with van der Waals surface area (Å²) in [6.45, 7) is 0.416. The summed E-state index contributed by atoms with van der Waals surface area (Å²) in [6.07, 6.45) is 0.707. The van der Waals surface area contributed by atoms with Crippen molar-refractivity contribution in [3.63, 3.8) is 0 Å². The summed E-state index contributed by atoms with van der Waals surface area (Å²) in [5.74, 6) is -0.0522. The molecule has 1 aliphatic heterocycles. The molecule has 1 amide bonds. The van der Waals surface area contributed by atoms with Gasteiger partial charge in [-0.25, -0.2) is 21.1 Å². The second-order valence-electron chi connectivity index (χ2n) is 9.36. The maximum Gasteiger partial charge on any atom is 0.262 e.